The van der Waals surface area contributed by atoms with E-state index in [1.54, 1.807) is 6.07 Å². The third-order valence-electron chi connectivity index (χ3n) is 3.21. The van der Waals surface area contributed by atoms with Crippen LogP contribution in [0.3, 0.4) is 0 Å². The Balaban J connectivity index is 2.17. The van der Waals surface area contributed by atoms with Crippen molar-refractivity contribution in [1.82, 2.24) is 4.31 Å². The highest BCUT2D eigenvalue weighted by molar-refractivity contribution is 7.89. The van der Waals surface area contributed by atoms with Crippen molar-refractivity contribution >= 4 is 16.0 Å². The fourth-order valence-electron chi connectivity index (χ4n) is 1.92. The third kappa shape index (κ3) is 3.77. The SMILES string of the molecule is CN(C)S(=O)(=O)c1cccc(COC(=O)c2c(F)cccc2F)c1. The van der Waals surface area contributed by atoms with Crippen LogP contribution in [-0.4, -0.2) is 32.8 Å². The summed E-state index contributed by atoms with van der Waals surface area (Å²) in [5, 5.41) is 0. The quantitative estimate of drug-likeness (QED) is 0.774. The molecule has 128 valence electrons. The molecule has 0 spiro atoms. The smallest absolute Gasteiger partial charge is 0.344 e. The number of nitrogens with zero attached hydrogens (tertiary/aromatic N) is 1. The third-order valence-corrected chi connectivity index (χ3v) is 5.02. The van der Waals surface area contributed by atoms with E-state index < -0.39 is 33.2 Å². The van der Waals surface area contributed by atoms with Gasteiger partial charge in [-0.25, -0.2) is 26.3 Å². The number of ether oxygens (including phenoxy) is 1. The molecule has 0 fully saturated rings. The van der Waals surface area contributed by atoms with Gasteiger partial charge in [0.2, 0.25) is 10.0 Å². The van der Waals surface area contributed by atoms with E-state index in [1.165, 1.54) is 32.3 Å². The molecule has 0 atom stereocenters. The maximum Gasteiger partial charge on any atom is 0.344 e. The van der Waals surface area contributed by atoms with Gasteiger partial charge < -0.3 is 4.74 Å². The first kappa shape index (κ1) is 18.0. The predicted molar refractivity (Wildman–Crippen MR) is 82.8 cm³/mol. The van der Waals surface area contributed by atoms with E-state index in [1.807, 2.05) is 0 Å². The first-order valence-corrected chi connectivity index (χ1v) is 8.30. The standard InChI is InChI=1S/C16H15F2NO4S/c1-19(2)24(21,22)12-6-3-5-11(9-12)10-23-16(20)15-13(17)7-4-8-14(15)18/h3-9H,10H2,1-2H3. The number of halogens is 2. The molecule has 0 aliphatic heterocycles. The summed E-state index contributed by atoms with van der Waals surface area (Å²) in [4.78, 5) is 11.8. The van der Waals surface area contributed by atoms with Crippen LogP contribution in [0.4, 0.5) is 8.78 Å². The summed E-state index contributed by atoms with van der Waals surface area (Å²) in [7, 11) is -0.847. The van der Waals surface area contributed by atoms with Crippen molar-refractivity contribution in [2.75, 3.05) is 14.1 Å². The Kier molecular flexibility index (Phi) is 5.30. The zero-order valence-corrected chi connectivity index (χ0v) is 13.8. The number of hydrogen-bond donors (Lipinski definition) is 0. The molecular formula is C16H15F2NO4S. The molecule has 8 heteroatoms. The van der Waals surface area contributed by atoms with E-state index >= 15 is 0 Å². The second-order valence-corrected chi connectivity index (χ2v) is 7.26. The topological polar surface area (TPSA) is 63.7 Å². The second-order valence-electron chi connectivity index (χ2n) is 5.11. The van der Waals surface area contributed by atoms with Gasteiger partial charge in [-0.3, -0.25) is 0 Å². The Morgan fingerprint density at radius 3 is 2.25 bits per heavy atom. The van der Waals surface area contributed by atoms with Crippen LogP contribution in [0.2, 0.25) is 0 Å². The van der Waals surface area contributed by atoms with E-state index in [2.05, 4.69) is 0 Å². The fraction of sp³-hybridized carbons (Fsp3) is 0.188. The lowest BCUT2D eigenvalue weighted by Crippen LogP contribution is -2.22. The number of esters is 1. The van der Waals surface area contributed by atoms with Crippen molar-refractivity contribution in [1.29, 1.82) is 0 Å². The number of hydrogen-bond acceptors (Lipinski definition) is 4. The average Bonchev–Trinajstić information content (AvgIpc) is 2.53. The molecule has 0 radical (unpaired) electrons. The molecule has 0 saturated heterocycles. The van der Waals surface area contributed by atoms with Crippen LogP contribution < -0.4 is 0 Å². The molecule has 0 amide bonds. The fourth-order valence-corrected chi connectivity index (χ4v) is 2.89. The number of benzene rings is 2. The van der Waals surface area contributed by atoms with Gasteiger partial charge in [-0.1, -0.05) is 18.2 Å². The largest absolute Gasteiger partial charge is 0.457 e. The number of rotatable bonds is 5. The molecule has 2 aromatic rings. The molecular weight excluding hydrogens is 340 g/mol. The van der Waals surface area contributed by atoms with Gasteiger partial charge in [-0.15, -0.1) is 0 Å². The van der Waals surface area contributed by atoms with Crippen LogP contribution >= 0.6 is 0 Å². The Labute approximate surface area is 138 Å². The van der Waals surface area contributed by atoms with Gasteiger partial charge in [0, 0.05) is 14.1 Å². The van der Waals surface area contributed by atoms with Gasteiger partial charge in [0.15, 0.2) is 0 Å². The molecule has 0 aromatic heterocycles. The molecule has 2 rings (SSSR count). The summed E-state index contributed by atoms with van der Waals surface area (Å²) in [6, 6.07) is 8.80. The minimum Gasteiger partial charge on any atom is -0.457 e. The minimum atomic E-state index is -3.63. The maximum absolute atomic E-state index is 13.5. The van der Waals surface area contributed by atoms with Crippen LogP contribution in [0.1, 0.15) is 15.9 Å². The Morgan fingerprint density at radius 2 is 1.67 bits per heavy atom. The Hall–Kier alpha value is -2.32. The highest BCUT2D eigenvalue weighted by Gasteiger charge is 2.20. The zero-order valence-electron chi connectivity index (χ0n) is 13.0. The molecule has 5 nitrogen and oxygen atoms in total. The van der Waals surface area contributed by atoms with Crippen molar-refractivity contribution in [2.24, 2.45) is 0 Å². The van der Waals surface area contributed by atoms with Gasteiger partial charge in [0.25, 0.3) is 0 Å². The van der Waals surface area contributed by atoms with Crippen molar-refractivity contribution < 1.29 is 26.7 Å². The zero-order chi connectivity index (χ0) is 17.9. The van der Waals surface area contributed by atoms with Crippen molar-refractivity contribution in [3.8, 4) is 0 Å². The van der Waals surface area contributed by atoms with Gasteiger partial charge >= 0.3 is 5.97 Å². The predicted octanol–water partition coefficient (Wildman–Crippen LogP) is 2.57. The van der Waals surface area contributed by atoms with Crippen molar-refractivity contribution in [3.63, 3.8) is 0 Å². The van der Waals surface area contributed by atoms with Crippen LogP contribution in [0, 0.1) is 11.6 Å². The number of carbonyl (C=O) groups excluding carboxylic acids is 1. The second kappa shape index (κ2) is 7.06. The molecule has 0 N–H and O–H groups in total. The first-order valence-electron chi connectivity index (χ1n) is 6.86. The summed E-state index contributed by atoms with van der Waals surface area (Å²) in [5.41, 5.74) is -0.405. The molecule has 0 unspecified atom stereocenters. The van der Waals surface area contributed by atoms with Crippen LogP contribution in [-0.2, 0) is 21.4 Å². The Bertz CT molecular complexity index is 846. The lowest BCUT2D eigenvalue weighted by Gasteiger charge is -2.12. The molecule has 24 heavy (non-hydrogen) atoms. The van der Waals surface area contributed by atoms with Gasteiger partial charge in [0.05, 0.1) is 4.90 Å². The first-order chi connectivity index (χ1) is 11.2. The lowest BCUT2D eigenvalue weighted by atomic mass is 10.2. The van der Waals surface area contributed by atoms with E-state index in [0.717, 1.165) is 22.5 Å². The van der Waals surface area contributed by atoms with Gasteiger partial charge in [0.1, 0.15) is 23.8 Å². The molecule has 0 bridgehead atoms. The van der Waals surface area contributed by atoms with Crippen LogP contribution in [0.25, 0.3) is 0 Å². The lowest BCUT2D eigenvalue weighted by molar-refractivity contribution is 0.0461. The summed E-state index contributed by atoms with van der Waals surface area (Å²) in [6.07, 6.45) is 0. The highest BCUT2D eigenvalue weighted by Crippen LogP contribution is 2.17. The number of carbonyl (C=O) groups is 1. The van der Waals surface area contributed by atoms with E-state index in [4.69, 9.17) is 4.74 Å². The van der Waals surface area contributed by atoms with Crippen molar-refractivity contribution in [3.05, 3.63) is 65.2 Å². The normalized spacial score (nSPS) is 11.5. The molecule has 0 aliphatic rings. The summed E-state index contributed by atoms with van der Waals surface area (Å²) in [5.74, 6) is -3.21. The maximum atomic E-state index is 13.5. The summed E-state index contributed by atoms with van der Waals surface area (Å²) in [6.45, 7) is -0.316. The van der Waals surface area contributed by atoms with E-state index in [-0.39, 0.29) is 11.5 Å². The number of sulfonamides is 1. The van der Waals surface area contributed by atoms with Gasteiger partial charge in [-0.05, 0) is 29.8 Å². The molecule has 0 aliphatic carbocycles. The van der Waals surface area contributed by atoms with E-state index in [9.17, 15) is 22.0 Å². The van der Waals surface area contributed by atoms with Crippen LogP contribution in [0.5, 0.6) is 0 Å². The van der Waals surface area contributed by atoms with E-state index in [0.29, 0.717) is 5.56 Å². The van der Waals surface area contributed by atoms with Crippen LogP contribution in [0.15, 0.2) is 47.4 Å². The summed E-state index contributed by atoms with van der Waals surface area (Å²) >= 11 is 0. The van der Waals surface area contributed by atoms with Gasteiger partial charge in [-0.2, -0.15) is 0 Å². The minimum absolute atomic E-state index is 0.0260. The van der Waals surface area contributed by atoms with Crippen molar-refractivity contribution in [2.45, 2.75) is 11.5 Å². The molecule has 0 heterocycles. The Morgan fingerprint density at radius 1 is 1.08 bits per heavy atom. The summed E-state index contributed by atoms with van der Waals surface area (Å²) < 4.78 is 57.0. The molecule has 0 saturated carbocycles. The monoisotopic (exact) mass is 355 g/mol. The molecule has 2 aromatic carbocycles. The average molecular weight is 355 g/mol. The highest BCUT2D eigenvalue weighted by atomic mass is 32.2.